The van der Waals surface area contributed by atoms with E-state index in [2.05, 4.69) is 25.6 Å². The highest BCUT2D eigenvalue weighted by Gasteiger charge is 2.29. The number of halogens is 4. The number of nitrogens with one attached hydrogen (secondary N) is 2. The van der Waals surface area contributed by atoms with E-state index < -0.39 is 23.7 Å². The Morgan fingerprint density at radius 2 is 1.80 bits per heavy atom. The second kappa shape index (κ2) is 8.54. The maximum absolute atomic E-state index is 12.6. The minimum absolute atomic E-state index is 0.00447. The number of carbonyl (C=O) groups excluding carboxylic acids is 1. The standard InChI is InChI=1S/C19H16ClF3N6O/c1-10(28-18(30)16-15(20)17(24)27-9-26-16)11-2-7-14(25-8-11)29-13-5-3-12(4-6-13)19(21,22)23/h2-10H,1H3,(H,25,29)(H,28,30)(H2,24,26,27). The zero-order valence-corrected chi connectivity index (χ0v) is 16.3. The fourth-order valence-corrected chi connectivity index (χ4v) is 2.70. The molecule has 1 unspecified atom stereocenters. The summed E-state index contributed by atoms with van der Waals surface area (Å²) in [5.74, 6) is -0.0814. The van der Waals surface area contributed by atoms with E-state index in [-0.39, 0.29) is 16.5 Å². The van der Waals surface area contributed by atoms with Gasteiger partial charge in [-0.3, -0.25) is 4.79 Å². The predicted octanol–water partition coefficient (Wildman–Crippen LogP) is 4.36. The van der Waals surface area contributed by atoms with Crippen molar-refractivity contribution in [3.8, 4) is 0 Å². The van der Waals surface area contributed by atoms with Crippen LogP contribution in [-0.4, -0.2) is 20.9 Å². The molecule has 0 aliphatic heterocycles. The molecule has 1 amide bonds. The van der Waals surface area contributed by atoms with Gasteiger partial charge in [0.2, 0.25) is 0 Å². The number of benzene rings is 1. The van der Waals surface area contributed by atoms with Crippen LogP contribution < -0.4 is 16.4 Å². The molecule has 156 valence electrons. The van der Waals surface area contributed by atoms with Gasteiger partial charge in [-0.2, -0.15) is 13.2 Å². The number of rotatable bonds is 5. The maximum atomic E-state index is 12.6. The largest absolute Gasteiger partial charge is 0.416 e. The summed E-state index contributed by atoms with van der Waals surface area (Å²) in [7, 11) is 0. The van der Waals surface area contributed by atoms with Crippen molar-refractivity contribution in [2.24, 2.45) is 0 Å². The molecule has 3 rings (SSSR count). The van der Waals surface area contributed by atoms with Crippen LogP contribution in [0.15, 0.2) is 48.9 Å². The molecule has 2 heterocycles. The van der Waals surface area contributed by atoms with Crippen LogP contribution in [0.4, 0.5) is 30.5 Å². The molecule has 3 aromatic rings. The number of nitrogens with two attached hydrogens (primary N) is 1. The van der Waals surface area contributed by atoms with Gasteiger partial charge in [-0.05, 0) is 42.8 Å². The molecule has 0 aliphatic carbocycles. The number of amides is 1. The number of carbonyl (C=O) groups is 1. The van der Waals surface area contributed by atoms with Crippen LogP contribution >= 0.6 is 11.6 Å². The number of nitrogen functional groups attached to an aromatic ring is 1. The molecule has 4 N–H and O–H groups in total. The van der Waals surface area contributed by atoms with E-state index >= 15 is 0 Å². The van der Waals surface area contributed by atoms with E-state index in [0.29, 0.717) is 17.1 Å². The Morgan fingerprint density at radius 1 is 1.10 bits per heavy atom. The summed E-state index contributed by atoms with van der Waals surface area (Å²) in [6.07, 6.45) is -1.71. The topological polar surface area (TPSA) is 106 Å². The number of aromatic nitrogens is 3. The van der Waals surface area contributed by atoms with E-state index in [4.69, 9.17) is 17.3 Å². The first-order valence-corrected chi connectivity index (χ1v) is 9.00. The molecule has 0 radical (unpaired) electrons. The van der Waals surface area contributed by atoms with Gasteiger partial charge < -0.3 is 16.4 Å². The summed E-state index contributed by atoms with van der Waals surface area (Å²) in [5, 5.41) is 5.62. The highest BCUT2D eigenvalue weighted by Crippen LogP contribution is 2.30. The molecule has 0 saturated carbocycles. The molecule has 0 fully saturated rings. The Hall–Kier alpha value is -3.40. The number of hydrogen-bond acceptors (Lipinski definition) is 6. The lowest BCUT2D eigenvalue weighted by molar-refractivity contribution is -0.137. The highest BCUT2D eigenvalue weighted by atomic mass is 35.5. The third-order valence-corrected chi connectivity index (χ3v) is 4.52. The minimum Gasteiger partial charge on any atom is -0.382 e. The first-order chi connectivity index (χ1) is 14.1. The van der Waals surface area contributed by atoms with Gasteiger partial charge in [0.15, 0.2) is 5.69 Å². The van der Waals surface area contributed by atoms with Crippen LogP contribution in [0.25, 0.3) is 0 Å². The Bertz CT molecular complexity index is 1040. The van der Waals surface area contributed by atoms with E-state index in [9.17, 15) is 18.0 Å². The second-order valence-corrected chi connectivity index (χ2v) is 6.67. The molecule has 0 spiro atoms. The van der Waals surface area contributed by atoms with Crippen LogP contribution in [0, 0.1) is 0 Å². The summed E-state index contributed by atoms with van der Waals surface area (Å²) in [5.41, 5.74) is 5.96. The van der Waals surface area contributed by atoms with Gasteiger partial charge in [0, 0.05) is 11.9 Å². The molecular formula is C19H16ClF3N6O. The fourth-order valence-electron chi connectivity index (χ4n) is 2.52. The average molecular weight is 437 g/mol. The van der Waals surface area contributed by atoms with Crippen molar-refractivity contribution in [3.63, 3.8) is 0 Å². The number of pyridine rings is 1. The summed E-state index contributed by atoms with van der Waals surface area (Å²) in [6, 6.07) is 7.55. The van der Waals surface area contributed by atoms with Crippen LogP contribution in [0.3, 0.4) is 0 Å². The van der Waals surface area contributed by atoms with E-state index in [1.165, 1.54) is 18.3 Å². The molecule has 0 saturated heterocycles. The van der Waals surface area contributed by atoms with Crippen LogP contribution in [0.5, 0.6) is 0 Å². The zero-order chi connectivity index (χ0) is 21.9. The summed E-state index contributed by atoms with van der Waals surface area (Å²) < 4.78 is 37.9. The lowest BCUT2D eigenvalue weighted by Gasteiger charge is -2.15. The molecule has 0 bridgehead atoms. The van der Waals surface area contributed by atoms with Gasteiger partial charge in [0.25, 0.3) is 5.91 Å². The number of hydrogen-bond donors (Lipinski definition) is 3. The van der Waals surface area contributed by atoms with Gasteiger partial charge in [-0.25, -0.2) is 15.0 Å². The Morgan fingerprint density at radius 3 is 2.40 bits per heavy atom. The first-order valence-electron chi connectivity index (χ1n) is 8.62. The van der Waals surface area contributed by atoms with Gasteiger partial charge in [0.05, 0.1) is 11.6 Å². The molecule has 2 aromatic heterocycles. The van der Waals surface area contributed by atoms with E-state index in [1.54, 1.807) is 19.1 Å². The molecular weight excluding hydrogens is 421 g/mol. The Labute approximate surface area is 174 Å². The van der Waals surface area contributed by atoms with Crippen molar-refractivity contribution in [3.05, 3.63) is 70.8 Å². The summed E-state index contributed by atoms with van der Waals surface area (Å²) in [6.45, 7) is 1.75. The van der Waals surface area contributed by atoms with Crippen molar-refractivity contribution in [2.75, 3.05) is 11.1 Å². The van der Waals surface area contributed by atoms with Gasteiger partial charge in [0.1, 0.15) is 23.0 Å². The van der Waals surface area contributed by atoms with Crippen LogP contribution in [0.2, 0.25) is 5.02 Å². The molecule has 11 heteroatoms. The monoisotopic (exact) mass is 436 g/mol. The van der Waals surface area contributed by atoms with Crippen LogP contribution in [0.1, 0.15) is 34.6 Å². The number of alkyl halides is 3. The number of anilines is 3. The Balaban J connectivity index is 1.65. The maximum Gasteiger partial charge on any atom is 0.416 e. The SMILES string of the molecule is CC(NC(=O)c1ncnc(N)c1Cl)c1ccc(Nc2ccc(C(F)(F)F)cc2)nc1. The minimum atomic E-state index is -4.39. The van der Waals surface area contributed by atoms with Crippen molar-refractivity contribution < 1.29 is 18.0 Å². The van der Waals surface area contributed by atoms with Crippen molar-refractivity contribution >= 4 is 34.8 Å². The highest BCUT2D eigenvalue weighted by molar-refractivity contribution is 6.35. The second-order valence-electron chi connectivity index (χ2n) is 6.29. The smallest absolute Gasteiger partial charge is 0.382 e. The third-order valence-electron chi connectivity index (χ3n) is 4.15. The predicted molar refractivity (Wildman–Crippen MR) is 106 cm³/mol. The van der Waals surface area contributed by atoms with Crippen molar-refractivity contribution in [2.45, 2.75) is 19.1 Å². The van der Waals surface area contributed by atoms with E-state index in [1.807, 2.05) is 0 Å². The average Bonchev–Trinajstić information content (AvgIpc) is 2.70. The molecule has 1 aromatic carbocycles. The van der Waals surface area contributed by atoms with Gasteiger partial charge >= 0.3 is 6.18 Å². The van der Waals surface area contributed by atoms with Gasteiger partial charge in [-0.15, -0.1) is 0 Å². The zero-order valence-electron chi connectivity index (χ0n) is 15.5. The number of nitrogens with zero attached hydrogens (tertiary/aromatic N) is 3. The van der Waals surface area contributed by atoms with Crippen LogP contribution in [-0.2, 0) is 6.18 Å². The molecule has 30 heavy (non-hydrogen) atoms. The van der Waals surface area contributed by atoms with Crippen molar-refractivity contribution in [1.82, 2.24) is 20.3 Å². The molecule has 1 atom stereocenters. The van der Waals surface area contributed by atoms with E-state index in [0.717, 1.165) is 18.5 Å². The summed E-state index contributed by atoms with van der Waals surface area (Å²) >= 11 is 5.96. The fraction of sp³-hybridized carbons (Fsp3) is 0.158. The quantitative estimate of drug-likeness (QED) is 0.548. The first kappa shape index (κ1) is 21.3. The lowest BCUT2D eigenvalue weighted by atomic mass is 10.1. The van der Waals surface area contributed by atoms with Crippen molar-refractivity contribution in [1.29, 1.82) is 0 Å². The Kier molecular flexibility index (Phi) is 6.06. The van der Waals surface area contributed by atoms with Gasteiger partial charge in [-0.1, -0.05) is 17.7 Å². The molecule has 7 nitrogen and oxygen atoms in total. The third kappa shape index (κ3) is 4.95. The normalized spacial score (nSPS) is 12.3. The molecule has 0 aliphatic rings. The summed E-state index contributed by atoms with van der Waals surface area (Å²) in [4.78, 5) is 24.1. The lowest BCUT2D eigenvalue weighted by Crippen LogP contribution is -2.28.